The van der Waals surface area contributed by atoms with Crippen LogP contribution in [0.3, 0.4) is 0 Å². The predicted molar refractivity (Wildman–Crippen MR) is 112 cm³/mol. The molecule has 0 heterocycles. The standard InChI is InChI=1S/C22H24FO5P/c1-14-9-15(2)19(20(10-14)17-6-7-21(23)16(3)11-17)5-4-8-28-29(27)13-18(24)12-22(25)26/h4-7,9-11,18,24H,8,12-13H2,1-3H3/p+1/b5-4-/t18-/m0/s1. The minimum Gasteiger partial charge on any atom is -0.481 e. The quantitative estimate of drug-likeness (QED) is 0.557. The van der Waals surface area contributed by atoms with Gasteiger partial charge in [0.2, 0.25) is 6.16 Å². The van der Waals surface area contributed by atoms with Gasteiger partial charge in [-0.1, -0.05) is 35.9 Å². The van der Waals surface area contributed by atoms with Crippen molar-refractivity contribution in [1.82, 2.24) is 0 Å². The molecule has 7 heteroatoms. The fourth-order valence-electron chi connectivity index (χ4n) is 3.03. The van der Waals surface area contributed by atoms with Crippen LogP contribution in [0.2, 0.25) is 0 Å². The van der Waals surface area contributed by atoms with Gasteiger partial charge in [-0.25, -0.2) is 4.39 Å². The van der Waals surface area contributed by atoms with Gasteiger partial charge in [0.15, 0.2) is 0 Å². The van der Waals surface area contributed by atoms with E-state index in [-0.39, 0.29) is 18.6 Å². The predicted octanol–water partition coefficient (Wildman–Crippen LogP) is 5.03. The van der Waals surface area contributed by atoms with E-state index in [0.717, 1.165) is 27.8 Å². The molecule has 5 nitrogen and oxygen atoms in total. The first-order chi connectivity index (χ1) is 13.7. The SMILES string of the molecule is Cc1cc(C)c(/C=C\CO[P+](=O)C[C@@H](O)CC(=O)O)c(-c2ccc(F)c(C)c2)c1. The second-order valence-electron chi connectivity index (χ2n) is 6.97. The number of carbonyl (C=O) groups is 1. The Morgan fingerprint density at radius 2 is 1.93 bits per heavy atom. The molecule has 29 heavy (non-hydrogen) atoms. The Morgan fingerprint density at radius 3 is 2.59 bits per heavy atom. The number of hydrogen-bond donors (Lipinski definition) is 2. The topological polar surface area (TPSA) is 83.8 Å². The lowest BCUT2D eigenvalue weighted by Crippen LogP contribution is -2.15. The lowest BCUT2D eigenvalue weighted by molar-refractivity contribution is -0.138. The Morgan fingerprint density at radius 1 is 1.21 bits per heavy atom. The molecule has 1 unspecified atom stereocenters. The van der Waals surface area contributed by atoms with Crippen molar-refractivity contribution in [3.05, 3.63) is 64.5 Å². The van der Waals surface area contributed by atoms with E-state index in [1.54, 1.807) is 25.1 Å². The third-order valence-electron chi connectivity index (χ3n) is 4.37. The molecule has 0 aliphatic rings. The van der Waals surface area contributed by atoms with Crippen LogP contribution in [-0.4, -0.2) is 35.1 Å². The van der Waals surface area contributed by atoms with E-state index in [0.29, 0.717) is 5.56 Å². The van der Waals surface area contributed by atoms with Gasteiger partial charge in [0.05, 0.1) is 6.42 Å². The van der Waals surface area contributed by atoms with Gasteiger partial charge in [-0.2, -0.15) is 0 Å². The van der Waals surface area contributed by atoms with Crippen molar-refractivity contribution in [3.63, 3.8) is 0 Å². The van der Waals surface area contributed by atoms with Crippen molar-refractivity contribution >= 4 is 20.1 Å². The van der Waals surface area contributed by atoms with Crippen LogP contribution < -0.4 is 0 Å². The third kappa shape index (κ3) is 6.86. The molecule has 0 bridgehead atoms. The zero-order valence-corrected chi connectivity index (χ0v) is 17.6. The minimum atomic E-state index is -2.16. The molecule has 0 radical (unpaired) electrons. The number of carboxylic acid groups (broad SMARTS) is 1. The molecule has 0 saturated heterocycles. The molecule has 154 valence electrons. The summed E-state index contributed by atoms with van der Waals surface area (Å²) in [6.07, 6.45) is 1.68. The highest BCUT2D eigenvalue weighted by Gasteiger charge is 2.24. The number of aryl methyl sites for hydroxylation is 3. The van der Waals surface area contributed by atoms with Gasteiger partial charge in [-0.15, -0.1) is 4.52 Å². The second kappa shape index (κ2) is 10.4. The summed E-state index contributed by atoms with van der Waals surface area (Å²) >= 11 is 0. The van der Waals surface area contributed by atoms with E-state index in [1.807, 2.05) is 32.1 Å². The Balaban J connectivity index is 2.13. The largest absolute Gasteiger partial charge is 0.511 e. The summed E-state index contributed by atoms with van der Waals surface area (Å²) in [4.78, 5) is 10.5. The Bertz CT molecular complexity index is 939. The number of hydrogen-bond acceptors (Lipinski definition) is 4. The number of halogens is 1. The summed E-state index contributed by atoms with van der Waals surface area (Å²) in [5.41, 5.74) is 5.51. The van der Waals surface area contributed by atoms with Crippen LogP contribution in [0.1, 0.15) is 28.7 Å². The molecule has 2 aromatic rings. The number of benzene rings is 2. The highest BCUT2D eigenvalue weighted by atomic mass is 31.1. The molecule has 0 spiro atoms. The van der Waals surface area contributed by atoms with Gasteiger partial charge < -0.3 is 10.2 Å². The summed E-state index contributed by atoms with van der Waals surface area (Å²) in [5.74, 6) is -1.41. The lowest BCUT2D eigenvalue weighted by atomic mass is 9.92. The van der Waals surface area contributed by atoms with E-state index < -0.39 is 26.5 Å². The van der Waals surface area contributed by atoms with E-state index in [4.69, 9.17) is 9.63 Å². The van der Waals surface area contributed by atoms with E-state index in [9.17, 15) is 18.9 Å². The molecular formula is C22H25FO5P+. The van der Waals surface area contributed by atoms with Crippen LogP contribution in [0, 0.1) is 26.6 Å². The van der Waals surface area contributed by atoms with Crippen LogP contribution in [0.15, 0.2) is 36.4 Å². The third-order valence-corrected chi connectivity index (χ3v) is 5.53. The summed E-state index contributed by atoms with van der Waals surface area (Å²) in [7, 11) is -2.16. The van der Waals surface area contributed by atoms with Crippen molar-refractivity contribution in [1.29, 1.82) is 0 Å². The van der Waals surface area contributed by atoms with Crippen LogP contribution in [-0.2, 0) is 13.9 Å². The van der Waals surface area contributed by atoms with E-state index >= 15 is 0 Å². The summed E-state index contributed by atoms with van der Waals surface area (Å²) in [6.45, 7) is 5.76. The smallest absolute Gasteiger partial charge is 0.481 e. The van der Waals surface area contributed by atoms with E-state index in [2.05, 4.69) is 0 Å². The molecule has 0 fully saturated rings. The monoisotopic (exact) mass is 419 g/mol. The van der Waals surface area contributed by atoms with Crippen molar-refractivity contribution in [3.8, 4) is 11.1 Å². The average molecular weight is 419 g/mol. The first kappa shape index (κ1) is 22.9. The Kier molecular flexibility index (Phi) is 8.21. The average Bonchev–Trinajstić information content (AvgIpc) is 2.61. The van der Waals surface area contributed by atoms with Gasteiger partial charge in [0.1, 0.15) is 18.5 Å². The van der Waals surface area contributed by atoms with Crippen LogP contribution >= 0.6 is 8.03 Å². The number of aliphatic hydroxyl groups excluding tert-OH is 1. The van der Waals surface area contributed by atoms with Gasteiger partial charge in [-0.3, -0.25) is 4.79 Å². The van der Waals surface area contributed by atoms with Crippen LogP contribution in [0.4, 0.5) is 4.39 Å². The fraction of sp³-hybridized carbons (Fsp3) is 0.318. The minimum absolute atomic E-state index is 0.0597. The Hall–Kier alpha value is -2.40. The highest BCUT2D eigenvalue weighted by molar-refractivity contribution is 7.39. The lowest BCUT2D eigenvalue weighted by Gasteiger charge is -2.12. The van der Waals surface area contributed by atoms with Crippen LogP contribution in [0.25, 0.3) is 17.2 Å². The number of aliphatic hydroxyl groups is 1. The van der Waals surface area contributed by atoms with Gasteiger partial charge in [0, 0.05) is 0 Å². The fourth-order valence-corrected chi connectivity index (χ4v) is 3.87. The van der Waals surface area contributed by atoms with Crippen molar-refractivity contribution < 1.29 is 28.5 Å². The Labute approximate surface area is 170 Å². The normalized spacial score (nSPS) is 12.9. The van der Waals surface area contributed by atoms with Gasteiger partial charge in [0.25, 0.3) is 0 Å². The van der Waals surface area contributed by atoms with Crippen molar-refractivity contribution in [2.45, 2.75) is 33.3 Å². The first-order valence-corrected chi connectivity index (χ1v) is 10.6. The maximum absolute atomic E-state index is 13.6. The zero-order valence-electron chi connectivity index (χ0n) is 16.7. The van der Waals surface area contributed by atoms with Crippen LogP contribution in [0.5, 0.6) is 0 Å². The second-order valence-corrected chi connectivity index (χ2v) is 8.26. The molecule has 2 rings (SSSR count). The molecule has 0 saturated carbocycles. The molecule has 0 aromatic heterocycles. The summed E-state index contributed by atoms with van der Waals surface area (Å²) < 4.78 is 30.6. The summed E-state index contributed by atoms with van der Waals surface area (Å²) in [5, 5.41) is 18.1. The summed E-state index contributed by atoms with van der Waals surface area (Å²) in [6, 6.07) is 9.07. The van der Waals surface area contributed by atoms with Crippen molar-refractivity contribution in [2.24, 2.45) is 0 Å². The van der Waals surface area contributed by atoms with Gasteiger partial charge >= 0.3 is 14.0 Å². The van der Waals surface area contributed by atoms with Gasteiger partial charge in [-0.05, 0) is 65.3 Å². The zero-order chi connectivity index (χ0) is 21.6. The number of rotatable bonds is 9. The van der Waals surface area contributed by atoms with E-state index in [1.165, 1.54) is 6.07 Å². The number of carboxylic acids is 1. The molecule has 0 aliphatic heterocycles. The molecule has 0 aliphatic carbocycles. The van der Waals surface area contributed by atoms with Crippen molar-refractivity contribution in [2.75, 3.05) is 12.8 Å². The molecule has 2 atom stereocenters. The molecule has 2 aromatic carbocycles. The first-order valence-electron chi connectivity index (χ1n) is 9.19. The molecular weight excluding hydrogens is 394 g/mol. The number of aliphatic carboxylic acids is 1. The maximum atomic E-state index is 13.6. The molecule has 2 N–H and O–H groups in total. The highest BCUT2D eigenvalue weighted by Crippen LogP contribution is 2.30. The maximum Gasteiger partial charge on any atom is 0.511 e. The molecule has 0 amide bonds.